The molecular formula is C14H22N4OS. The molecule has 20 heavy (non-hydrogen) atoms. The molecule has 2 rings (SSSR count). The van der Waals surface area contributed by atoms with E-state index in [1.54, 1.807) is 0 Å². The SMILES string of the molecule is Cc1n[nH]c(C)c1NC(=O)C1(C(N)=S)CCCCCC1. The van der Waals surface area contributed by atoms with E-state index in [9.17, 15) is 4.79 Å². The van der Waals surface area contributed by atoms with E-state index in [0.717, 1.165) is 55.6 Å². The molecule has 0 atom stereocenters. The molecule has 0 bridgehead atoms. The molecule has 1 heterocycles. The maximum Gasteiger partial charge on any atom is 0.237 e. The summed E-state index contributed by atoms with van der Waals surface area (Å²) in [6.07, 6.45) is 5.75. The Kier molecular flexibility index (Phi) is 4.42. The third-order valence-corrected chi connectivity index (χ3v) is 4.62. The summed E-state index contributed by atoms with van der Waals surface area (Å²) in [5.41, 5.74) is 7.59. The normalized spacial score (nSPS) is 18.3. The van der Waals surface area contributed by atoms with Crippen molar-refractivity contribution in [2.24, 2.45) is 11.1 Å². The van der Waals surface area contributed by atoms with Crippen molar-refractivity contribution in [1.29, 1.82) is 0 Å². The minimum atomic E-state index is -0.706. The van der Waals surface area contributed by atoms with E-state index in [0.29, 0.717) is 4.99 Å². The highest BCUT2D eigenvalue weighted by Crippen LogP contribution is 2.37. The lowest BCUT2D eigenvalue weighted by atomic mass is 9.79. The quantitative estimate of drug-likeness (QED) is 0.591. The number of nitrogens with one attached hydrogen (secondary N) is 2. The van der Waals surface area contributed by atoms with Gasteiger partial charge >= 0.3 is 0 Å². The summed E-state index contributed by atoms with van der Waals surface area (Å²) < 4.78 is 0. The highest BCUT2D eigenvalue weighted by molar-refractivity contribution is 7.80. The highest BCUT2D eigenvalue weighted by Gasteiger charge is 2.41. The molecule has 0 radical (unpaired) electrons. The van der Waals surface area contributed by atoms with Gasteiger partial charge in [-0.25, -0.2) is 0 Å². The Morgan fingerprint density at radius 1 is 1.30 bits per heavy atom. The van der Waals surface area contributed by atoms with Crippen LogP contribution in [0, 0.1) is 19.3 Å². The maximum atomic E-state index is 12.8. The molecular weight excluding hydrogens is 272 g/mol. The second-order valence-corrected chi connectivity index (χ2v) is 6.06. The van der Waals surface area contributed by atoms with Gasteiger partial charge in [-0.2, -0.15) is 5.10 Å². The first kappa shape index (κ1) is 15.0. The van der Waals surface area contributed by atoms with Gasteiger partial charge in [0.25, 0.3) is 0 Å². The molecule has 1 fully saturated rings. The van der Waals surface area contributed by atoms with Crippen LogP contribution in [-0.2, 0) is 4.79 Å². The fourth-order valence-electron chi connectivity index (χ4n) is 2.89. The van der Waals surface area contributed by atoms with Gasteiger partial charge in [-0.1, -0.05) is 37.9 Å². The zero-order valence-corrected chi connectivity index (χ0v) is 12.9. The van der Waals surface area contributed by atoms with Gasteiger partial charge in [0.2, 0.25) is 5.91 Å². The molecule has 1 saturated carbocycles. The topological polar surface area (TPSA) is 83.8 Å². The zero-order valence-electron chi connectivity index (χ0n) is 12.1. The van der Waals surface area contributed by atoms with E-state index in [4.69, 9.17) is 18.0 Å². The summed E-state index contributed by atoms with van der Waals surface area (Å²) in [5.74, 6) is -0.0838. The van der Waals surface area contributed by atoms with Crippen LogP contribution in [0.4, 0.5) is 5.69 Å². The molecule has 1 aliphatic rings. The first-order chi connectivity index (χ1) is 9.47. The van der Waals surface area contributed by atoms with Gasteiger partial charge in [0.05, 0.1) is 27.5 Å². The van der Waals surface area contributed by atoms with E-state index in [1.807, 2.05) is 13.8 Å². The van der Waals surface area contributed by atoms with Gasteiger partial charge in [-0.3, -0.25) is 9.89 Å². The number of aromatic amines is 1. The van der Waals surface area contributed by atoms with Crippen molar-refractivity contribution in [1.82, 2.24) is 10.2 Å². The number of carbonyl (C=O) groups excluding carboxylic acids is 1. The van der Waals surface area contributed by atoms with E-state index >= 15 is 0 Å². The summed E-state index contributed by atoms with van der Waals surface area (Å²) in [6.45, 7) is 3.75. The number of nitrogens with zero attached hydrogens (tertiary/aromatic N) is 1. The molecule has 1 amide bonds. The maximum absolute atomic E-state index is 12.8. The van der Waals surface area contributed by atoms with Crippen LogP contribution in [0.3, 0.4) is 0 Å². The minimum Gasteiger partial charge on any atom is -0.392 e. The predicted octanol–water partition coefficient (Wildman–Crippen LogP) is 2.59. The summed E-state index contributed by atoms with van der Waals surface area (Å²) in [5, 5.41) is 9.95. The number of thiocarbonyl (C=S) groups is 1. The molecule has 0 unspecified atom stereocenters. The Balaban J connectivity index is 2.25. The standard InChI is InChI=1S/C14H22N4OS/c1-9-11(10(2)18-17-9)16-13(19)14(12(15)20)7-5-3-4-6-8-14/h3-8H2,1-2H3,(H2,15,20)(H,16,19)(H,17,18). The Hall–Kier alpha value is -1.43. The lowest BCUT2D eigenvalue weighted by Gasteiger charge is -2.30. The summed E-state index contributed by atoms with van der Waals surface area (Å²) in [7, 11) is 0. The average Bonchev–Trinajstić information content (AvgIpc) is 2.64. The largest absolute Gasteiger partial charge is 0.392 e. The van der Waals surface area contributed by atoms with Crippen molar-refractivity contribution in [2.45, 2.75) is 52.4 Å². The van der Waals surface area contributed by atoms with Crippen molar-refractivity contribution < 1.29 is 4.79 Å². The van der Waals surface area contributed by atoms with E-state index in [-0.39, 0.29) is 5.91 Å². The zero-order chi connectivity index (χ0) is 14.8. The lowest BCUT2D eigenvalue weighted by molar-refractivity contribution is -0.122. The molecule has 0 aliphatic heterocycles. The molecule has 4 N–H and O–H groups in total. The monoisotopic (exact) mass is 294 g/mol. The smallest absolute Gasteiger partial charge is 0.237 e. The first-order valence-corrected chi connectivity index (χ1v) is 7.51. The number of aromatic nitrogens is 2. The number of amides is 1. The van der Waals surface area contributed by atoms with E-state index < -0.39 is 5.41 Å². The Morgan fingerprint density at radius 3 is 2.35 bits per heavy atom. The molecule has 1 aliphatic carbocycles. The molecule has 110 valence electrons. The van der Waals surface area contributed by atoms with Crippen molar-refractivity contribution in [3.8, 4) is 0 Å². The van der Waals surface area contributed by atoms with Gasteiger partial charge in [0, 0.05) is 0 Å². The van der Waals surface area contributed by atoms with Gasteiger partial charge in [0.1, 0.15) is 0 Å². The number of anilines is 1. The molecule has 6 heteroatoms. The third kappa shape index (κ3) is 2.70. The minimum absolute atomic E-state index is 0.0838. The molecule has 0 saturated heterocycles. The lowest BCUT2D eigenvalue weighted by Crippen LogP contribution is -2.45. The number of hydrogen-bond acceptors (Lipinski definition) is 3. The summed E-state index contributed by atoms with van der Waals surface area (Å²) in [4.78, 5) is 13.1. The second kappa shape index (κ2) is 5.91. The van der Waals surface area contributed by atoms with Gasteiger partial charge in [0.15, 0.2) is 0 Å². The molecule has 1 aromatic heterocycles. The Bertz CT molecular complexity index is 496. The highest BCUT2D eigenvalue weighted by atomic mass is 32.1. The van der Waals surface area contributed by atoms with Crippen LogP contribution in [0.5, 0.6) is 0 Å². The fourth-order valence-corrected chi connectivity index (χ4v) is 3.18. The van der Waals surface area contributed by atoms with Gasteiger partial charge in [-0.05, 0) is 26.7 Å². The first-order valence-electron chi connectivity index (χ1n) is 7.10. The van der Waals surface area contributed by atoms with Gasteiger partial charge in [-0.15, -0.1) is 0 Å². The van der Waals surface area contributed by atoms with Crippen molar-refractivity contribution in [3.63, 3.8) is 0 Å². The van der Waals surface area contributed by atoms with Crippen LogP contribution in [0.15, 0.2) is 0 Å². The number of nitrogens with two attached hydrogens (primary N) is 1. The number of aryl methyl sites for hydroxylation is 2. The molecule has 5 nitrogen and oxygen atoms in total. The number of H-pyrrole nitrogens is 1. The fraction of sp³-hybridized carbons (Fsp3) is 0.643. The summed E-state index contributed by atoms with van der Waals surface area (Å²) >= 11 is 5.22. The molecule has 0 spiro atoms. The Morgan fingerprint density at radius 2 is 1.90 bits per heavy atom. The number of carbonyl (C=O) groups is 1. The van der Waals surface area contributed by atoms with Crippen LogP contribution in [-0.4, -0.2) is 21.1 Å². The van der Waals surface area contributed by atoms with E-state index in [1.165, 1.54) is 0 Å². The second-order valence-electron chi connectivity index (χ2n) is 5.62. The van der Waals surface area contributed by atoms with Crippen molar-refractivity contribution >= 4 is 28.8 Å². The number of hydrogen-bond donors (Lipinski definition) is 3. The predicted molar refractivity (Wildman–Crippen MR) is 83.6 cm³/mol. The molecule has 0 aromatic carbocycles. The Labute approximate surface area is 124 Å². The molecule has 1 aromatic rings. The van der Waals surface area contributed by atoms with Crippen LogP contribution in [0.1, 0.15) is 49.9 Å². The third-order valence-electron chi connectivity index (χ3n) is 4.23. The average molecular weight is 294 g/mol. The number of rotatable bonds is 3. The van der Waals surface area contributed by atoms with Crippen LogP contribution in [0.2, 0.25) is 0 Å². The van der Waals surface area contributed by atoms with Crippen molar-refractivity contribution in [3.05, 3.63) is 11.4 Å². The van der Waals surface area contributed by atoms with Gasteiger partial charge < -0.3 is 11.1 Å². The van der Waals surface area contributed by atoms with Crippen LogP contribution in [0.25, 0.3) is 0 Å². The van der Waals surface area contributed by atoms with Crippen molar-refractivity contribution in [2.75, 3.05) is 5.32 Å². The van der Waals surface area contributed by atoms with Crippen LogP contribution < -0.4 is 11.1 Å². The van der Waals surface area contributed by atoms with Crippen LogP contribution >= 0.6 is 12.2 Å². The van der Waals surface area contributed by atoms with E-state index in [2.05, 4.69) is 15.5 Å². The summed E-state index contributed by atoms with van der Waals surface area (Å²) in [6, 6.07) is 0.